The molecule has 0 amide bonds. The van der Waals surface area contributed by atoms with Crippen molar-refractivity contribution in [3.05, 3.63) is 97.2 Å². The van der Waals surface area contributed by atoms with Gasteiger partial charge < -0.3 is 80.5 Å². The number of halogens is 3. The Morgan fingerprint density at radius 3 is 1.19 bits per heavy atom. The third-order valence-corrected chi connectivity index (χ3v) is 26.1. The molecule has 18 aliphatic rings. The van der Waals surface area contributed by atoms with Crippen LogP contribution in [-0.4, -0.2) is 207 Å². The van der Waals surface area contributed by atoms with E-state index in [9.17, 15) is 46.7 Å². The van der Waals surface area contributed by atoms with Crippen molar-refractivity contribution in [2.45, 2.75) is 357 Å². The van der Waals surface area contributed by atoms with Gasteiger partial charge in [-0.05, 0) is 158 Å². The van der Waals surface area contributed by atoms with Gasteiger partial charge in [-0.2, -0.15) is 13.2 Å². The molecular weight excluding hydrogens is 1530 g/mol. The van der Waals surface area contributed by atoms with Crippen LogP contribution in [0.25, 0.3) is 0 Å². The quantitative estimate of drug-likeness (QED) is 0.0700. The number of hydrogen-bond donors (Lipinski definition) is 0. The lowest BCUT2D eigenvalue weighted by Crippen LogP contribution is -2.43. The summed E-state index contributed by atoms with van der Waals surface area (Å²) >= 11 is 0. The molecule has 2 saturated carbocycles. The predicted molar refractivity (Wildman–Crippen MR) is 426 cm³/mol. The number of alkyl halides is 3. The lowest BCUT2D eigenvalue weighted by Gasteiger charge is -2.36. The molecule has 27 heteroatoms. The lowest BCUT2D eigenvalue weighted by molar-refractivity contribution is -0.201. The average molecular weight is 1660 g/mol. The Balaban J connectivity index is 0.000000133. The van der Waals surface area contributed by atoms with Gasteiger partial charge in [0.2, 0.25) is 0 Å². The van der Waals surface area contributed by atoms with Gasteiger partial charge in [0.25, 0.3) is 0 Å². The molecule has 16 aliphatic heterocycles. The van der Waals surface area contributed by atoms with Crippen molar-refractivity contribution in [2.75, 3.05) is 20.3 Å². The van der Waals surface area contributed by atoms with E-state index in [0.717, 1.165) is 64.2 Å². The molecule has 24 nitrogen and oxygen atoms in total. The van der Waals surface area contributed by atoms with Gasteiger partial charge in [0, 0.05) is 89.1 Å². The highest BCUT2D eigenvalue weighted by Gasteiger charge is 2.55. The highest BCUT2D eigenvalue weighted by atomic mass is 19.4. The third-order valence-electron chi connectivity index (χ3n) is 26.1. The number of methoxy groups -OCH3 is 1. The number of rotatable bonds is 18. The molecule has 0 spiro atoms. The monoisotopic (exact) mass is 1660 g/mol. The van der Waals surface area contributed by atoms with Gasteiger partial charge in [-0.3, -0.25) is 24.0 Å². The molecule has 16 bridgehead atoms. The van der Waals surface area contributed by atoms with Gasteiger partial charge in [0.15, 0.2) is 0 Å². The van der Waals surface area contributed by atoms with Crippen LogP contribution in [0.2, 0.25) is 0 Å². The molecular formula is C91H129F3O24. The second-order valence-electron chi connectivity index (χ2n) is 36.3. The van der Waals surface area contributed by atoms with Gasteiger partial charge in [0.1, 0.15) is 41.2 Å². The summed E-state index contributed by atoms with van der Waals surface area (Å²) in [6.45, 7) is 25.0. The predicted octanol–water partition coefficient (Wildman–Crippen LogP) is 15.1. The van der Waals surface area contributed by atoms with E-state index in [0.29, 0.717) is 72.8 Å². The van der Waals surface area contributed by atoms with E-state index in [1.165, 1.54) is 79.6 Å². The lowest BCUT2D eigenvalue weighted by atomic mass is 9.76. The van der Waals surface area contributed by atoms with E-state index in [1.54, 1.807) is 13.2 Å². The number of ether oxygens (including phenoxy) is 17. The third kappa shape index (κ3) is 24.4. The summed E-state index contributed by atoms with van der Waals surface area (Å²) in [7, 11) is 1.76. The molecule has 0 aromatic heterocycles. The van der Waals surface area contributed by atoms with Crippen molar-refractivity contribution < 1.29 is 127 Å². The molecule has 0 N–H and O–H groups in total. The maximum Gasteiger partial charge on any atom is 0.508 e. The van der Waals surface area contributed by atoms with E-state index in [-0.39, 0.29) is 157 Å². The smallest absolute Gasteiger partial charge is 0.462 e. The van der Waals surface area contributed by atoms with Gasteiger partial charge in [-0.1, -0.05) is 123 Å². The molecule has 118 heavy (non-hydrogen) atoms. The second kappa shape index (κ2) is 40.2. The molecule has 16 heterocycles. The SMILES string of the molecule is CC(=O)OC(C)(C)C1CC2C=CC1O2.CC(=O)OC(C)C1CC2C=CC1O2.CC(=O)OC(C1CCCCC1)C1CC2C=CC1O2.CC(=O)OC1(C2CC3C=CC2O3)CCCC1.CC(C)(C)OC(=O)OCC1CC2C=CC1O2.CCC(C)(OC(C)=O)C1CC2C=CC1O2.COC(C)C1CC2C=CC1O2.O=C(OCC1CC2C=CC1O2)C(F)(F)F. The van der Waals surface area contributed by atoms with E-state index in [2.05, 4.69) is 97.6 Å². The van der Waals surface area contributed by atoms with Crippen LogP contribution in [-0.2, 0) is 109 Å². The largest absolute Gasteiger partial charge is 0.508 e. The van der Waals surface area contributed by atoms with Gasteiger partial charge in [-0.25, -0.2) is 9.59 Å². The molecule has 18 rings (SSSR count). The summed E-state index contributed by atoms with van der Waals surface area (Å²) in [5, 5.41) is 0. The minimum atomic E-state index is -4.91. The standard InChI is InChI=1S/C15H22O3.C13H18O3.C12H18O4.C12H18O3.C11H16O3.C10H14O3.C9H9F3O3.C9H14O2/c1-10(16)17-15(11-5-3-2-4-6-11)13-9-12-7-8-14(13)18-12;1-9(14)16-13(6-2-3-7-13)11-8-10-4-5-12(11)15-10;1-12(2,3)16-11(13)14-7-8-6-9-4-5-10(8)15-9;1-4-12(3,15-8(2)13)10-7-9-5-6-11(10)14-9;1-7(12)14-11(2,3)9-6-8-4-5-10(9)13-8;1-6(12-7(2)11)9-5-8-3-4-10(9)13-8;10-9(11,12)8(13)14-4-5-3-6-1-2-7(5)15-6;1-6(10-2)8-5-7-3-4-9(8)11-7/h7-8,11-15H,2-6,9H2,1H3;4-5,10-12H,2-3,6-8H2,1H3;4-5,8-10H,6-7H2,1-3H3;5-6,9-11H,4,7H2,1-3H3;4-5,8-10H,6H2,1-3H3;3-4,6,8-10H,5H2,1-2H3;1-2,5-7H,3-4H2;3-4,6-9H,5H2,1-2H3. The van der Waals surface area contributed by atoms with Crippen LogP contribution in [0.15, 0.2) is 97.2 Å². The Morgan fingerprint density at radius 1 is 0.424 bits per heavy atom. The fourth-order valence-corrected chi connectivity index (χ4v) is 20.2. The first-order chi connectivity index (χ1) is 55.8. The van der Waals surface area contributed by atoms with Crippen LogP contribution in [0.4, 0.5) is 18.0 Å². The van der Waals surface area contributed by atoms with Gasteiger partial charge in [0.05, 0.1) is 110 Å². The zero-order valence-corrected chi connectivity index (χ0v) is 71.5. The van der Waals surface area contributed by atoms with Crippen molar-refractivity contribution in [3.63, 3.8) is 0 Å². The average Bonchev–Trinajstić information content (AvgIpc) is 1.62. The number of carbonyl (C=O) groups excluding carboxylic acids is 7. The number of esters is 6. The molecule has 0 radical (unpaired) electrons. The number of fused-ring (bicyclic) bond motifs is 16. The first-order valence-corrected chi connectivity index (χ1v) is 43.1. The summed E-state index contributed by atoms with van der Waals surface area (Å²) < 4.78 is 127. The maximum absolute atomic E-state index is 11.8. The van der Waals surface area contributed by atoms with Crippen molar-refractivity contribution >= 4 is 42.0 Å². The molecule has 10 fully saturated rings. The number of hydrogen-bond acceptors (Lipinski definition) is 24. The normalized spacial score (nSPS) is 36.5. The molecule has 658 valence electrons. The van der Waals surface area contributed by atoms with E-state index in [1.807, 2.05) is 60.6 Å². The van der Waals surface area contributed by atoms with Gasteiger partial charge in [-0.15, -0.1) is 0 Å². The fourth-order valence-electron chi connectivity index (χ4n) is 20.2. The summed E-state index contributed by atoms with van der Waals surface area (Å²) in [6.07, 6.45) is 50.1. The molecule has 28 unspecified atom stereocenters. The summed E-state index contributed by atoms with van der Waals surface area (Å²) in [4.78, 5) is 77.2. The Kier molecular flexibility index (Phi) is 31.4. The molecule has 0 aromatic carbocycles. The van der Waals surface area contributed by atoms with Crippen molar-refractivity contribution in [1.82, 2.24) is 0 Å². The Morgan fingerprint density at radius 2 is 0.831 bits per heavy atom. The topological polar surface area (TPSA) is 276 Å². The molecule has 0 aromatic rings. The van der Waals surface area contributed by atoms with Crippen molar-refractivity contribution in [2.24, 2.45) is 53.3 Å². The van der Waals surface area contributed by atoms with Crippen molar-refractivity contribution in [1.29, 1.82) is 0 Å². The van der Waals surface area contributed by atoms with Crippen LogP contribution in [0, 0.1) is 53.3 Å². The zero-order valence-electron chi connectivity index (χ0n) is 71.5. The molecule has 28 atom stereocenters. The maximum atomic E-state index is 11.8. The molecule has 8 saturated heterocycles. The summed E-state index contributed by atoms with van der Waals surface area (Å²) in [5.41, 5.74) is -1.52. The Bertz CT molecular complexity index is 3670. The van der Waals surface area contributed by atoms with E-state index >= 15 is 0 Å². The zero-order chi connectivity index (χ0) is 85.2. The first kappa shape index (κ1) is 92.2. The van der Waals surface area contributed by atoms with Crippen LogP contribution in [0.3, 0.4) is 0 Å². The summed E-state index contributed by atoms with van der Waals surface area (Å²) in [5.74, 6) is -0.0808. The van der Waals surface area contributed by atoms with Crippen molar-refractivity contribution in [3.8, 4) is 0 Å². The van der Waals surface area contributed by atoms with Crippen LogP contribution >= 0.6 is 0 Å². The van der Waals surface area contributed by atoms with E-state index in [4.69, 9.17) is 75.8 Å². The van der Waals surface area contributed by atoms with Crippen LogP contribution in [0.1, 0.15) is 213 Å². The highest BCUT2D eigenvalue weighted by Crippen LogP contribution is 2.51. The van der Waals surface area contributed by atoms with Crippen LogP contribution in [0.5, 0.6) is 0 Å². The Hall–Kier alpha value is -6.56. The Labute approximate surface area is 694 Å². The summed E-state index contributed by atoms with van der Waals surface area (Å²) in [6, 6.07) is 0. The van der Waals surface area contributed by atoms with E-state index < -0.39 is 29.5 Å². The minimum Gasteiger partial charge on any atom is -0.462 e. The number of carbonyl (C=O) groups is 7. The minimum absolute atomic E-state index is 0.0235. The van der Waals surface area contributed by atoms with Crippen LogP contribution < -0.4 is 0 Å². The van der Waals surface area contributed by atoms with Gasteiger partial charge >= 0.3 is 48.1 Å². The second-order valence-corrected chi connectivity index (χ2v) is 36.3. The first-order valence-electron chi connectivity index (χ1n) is 43.1. The highest BCUT2D eigenvalue weighted by molar-refractivity contribution is 5.75. The molecule has 2 aliphatic carbocycles. The fraction of sp³-hybridized carbons (Fsp3) is 0.747.